The molecule has 2 unspecified atom stereocenters. The Balaban J connectivity index is 1.43. The van der Waals surface area contributed by atoms with Gasteiger partial charge in [0.05, 0.1) is 6.04 Å². The second-order valence-corrected chi connectivity index (χ2v) is 8.52. The van der Waals surface area contributed by atoms with E-state index in [-0.39, 0.29) is 18.2 Å². The van der Waals surface area contributed by atoms with Gasteiger partial charge in [0.15, 0.2) is 0 Å². The summed E-state index contributed by atoms with van der Waals surface area (Å²) in [6, 6.07) is 17.0. The average Bonchev–Trinajstić information content (AvgIpc) is 2.74. The van der Waals surface area contributed by atoms with E-state index in [1.54, 1.807) is 0 Å². The van der Waals surface area contributed by atoms with Crippen LogP contribution in [0.15, 0.2) is 48.5 Å². The summed E-state index contributed by atoms with van der Waals surface area (Å²) in [6.45, 7) is 6.01. The number of piperidine rings is 3. The quantitative estimate of drug-likeness (QED) is 0.788. The first-order valence-corrected chi connectivity index (χ1v) is 10.5. The van der Waals surface area contributed by atoms with Gasteiger partial charge in [-0.1, -0.05) is 54.1 Å². The largest absolute Gasteiger partial charge is 0.444 e. The predicted octanol–water partition coefficient (Wildman–Crippen LogP) is 4.17. The number of hydrogen-bond donors (Lipinski definition) is 0. The number of fused-ring (bicyclic) bond motifs is 4. The van der Waals surface area contributed by atoms with Gasteiger partial charge in [0.25, 0.3) is 0 Å². The molecule has 1 amide bonds. The van der Waals surface area contributed by atoms with Crippen LogP contribution in [0.3, 0.4) is 0 Å². The van der Waals surface area contributed by atoms with Crippen molar-refractivity contribution < 1.29 is 9.53 Å². The van der Waals surface area contributed by atoms with E-state index < -0.39 is 0 Å². The second kappa shape index (κ2) is 7.25. The van der Waals surface area contributed by atoms with Crippen LogP contribution in [0.2, 0.25) is 0 Å². The molecule has 0 saturated carbocycles. The Morgan fingerprint density at radius 2 is 1.75 bits per heavy atom. The molecule has 4 heterocycles. The normalized spacial score (nSPS) is 28.7. The van der Waals surface area contributed by atoms with Crippen molar-refractivity contribution in [1.29, 1.82) is 0 Å². The summed E-state index contributed by atoms with van der Waals surface area (Å²) in [5.74, 6) is 0.531. The van der Waals surface area contributed by atoms with Crippen LogP contribution >= 0.6 is 0 Å². The average molecular weight is 377 g/mol. The molecule has 2 bridgehead atoms. The van der Waals surface area contributed by atoms with Crippen molar-refractivity contribution >= 4 is 6.09 Å². The maximum atomic E-state index is 13.3. The van der Waals surface area contributed by atoms with Crippen molar-refractivity contribution in [3.63, 3.8) is 0 Å². The van der Waals surface area contributed by atoms with Gasteiger partial charge < -0.3 is 4.74 Å². The third kappa shape index (κ3) is 3.20. The Labute approximate surface area is 167 Å². The molecular formula is C24H28N2O2. The minimum absolute atomic E-state index is 0.0471. The van der Waals surface area contributed by atoms with E-state index in [9.17, 15) is 4.79 Å². The summed E-state index contributed by atoms with van der Waals surface area (Å²) in [5.41, 5.74) is 4.95. The van der Waals surface area contributed by atoms with Crippen LogP contribution in [-0.4, -0.2) is 48.2 Å². The first-order valence-electron chi connectivity index (χ1n) is 10.5. The molecule has 4 aliphatic heterocycles. The smallest absolute Gasteiger partial charge is 0.410 e. The zero-order chi connectivity index (χ0) is 19.1. The number of hydrogen-bond acceptors (Lipinski definition) is 3. The van der Waals surface area contributed by atoms with Gasteiger partial charge in [0, 0.05) is 13.1 Å². The highest BCUT2D eigenvalue weighted by Gasteiger charge is 2.39. The van der Waals surface area contributed by atoms with E-state index >= 15 is 0 Å². The molecule has 4 heteroatoms. The van der Waals surface area contributed by atoms with Crippen molar-refractivity contribution in [3.05, 3.63) is 70.8 Å². The summed E-state index contributed by atoms with van der Waals surface area (Å²) in [7, 11) is 0. The van der Waals surface area contributed by atoms with Gasteiger partial charge in [-0.15, -0.1) is 0 Å². The molecule has 3 saturated heterocycles. The van der Waals surface area contributed by atoms with Crippen molar-refractivity contribution in [2.24, 2.45) is 5.92 Å². The summed E-state index contributed by atoms with van der Waals surface area (Å²) in [5, 5.41) is 0. The van der Waals surface area contributed by atoms with Crippen molar-refractivity contribution in [2.75, 3.05) is 26.2 Å². The van der Waals surface area contributed by atoms with Crippen molar-refractivity contribution in [3.8, 4) is 0 Å². The van der Waals surface area contributed by atoms with Gasteiger partial charge in [-0.05, 0) is 61.9 Å². The number of amides is 1. The minimum Gasteiger partial charge on any atom is -0.444 e. The zero-order valence-electron chi connectivity index (χ0n) is 16.5. The lowest BCUT2D eigenvalue weighted by Crippen LogP contribution is -2.53. The van der Waals surface area contributed by atoms with Gasteiger partial charge >= 0.3 is 6.09 Å². The van der Waals surface area contributed by atoms with Gasteiger partial charge in [-0.25, -0.2) is 4.79 Å². The van der Waals surface area contributed by atoms with Crippen LogP contribution in [0.25, 0.3) is 0 Å². The fourth-order valence-corrected chi connectivity index (χ4v) is 5.11. The molecule has 6 rings (SSSR count). The Kier molecular flexibility index (Phi) is 4.59. The Morgan fingerprint density at radius 1 is 1.00 bits per heavy atom. The number of carbonyl (C=O) groups excluding carboxylic acids is 1. The number of aryl methyl sites for hydroxylation is 1. The predicted molar refractivity (Wildman–Crippen MR) is 109 cm³/mol. The topological polar surface area (TPSA) is 32.8 Å². The first-order chi connectivity index (χ1) is 13.7. The Morgan fingerprint density at radius 3 is 2.46 bits per heavy atom. The molecule has 2 aromatic carbocycles. The van der Waals surface area contributed by atoms with Gasteiger partial charge in [-0.3, -0.25) is 9.80 Å². The van der Waals surface area contributed by atoms with Gasteiger partial charge in [0.2, 0.25) is 0 Å². The van der Waals surface area contributed by atoms with Crippen LogP contribution in [0.5, 0.6) is 0 Å². The van der Waals surface area contributed by atoms with Crippen molar-refractivity contribution in [2.45, 2.75) is 38.3 Å². The molecule has 0 aliphatic carbocycles. The lowest BCUT2D eigenvalue weighted by Gasteiger charge is -2.45. The molecular weight excluding hydrogens is 348 g/mol. The van der Waals surface area contributed by atoms with Crippen LogP contribution in [-0.2, 0) is 11.2 Å². The maximum Gasteiger partial charge on any atom is 0.410 e. The molecule has 0 N–H and O–H groups in total. The van der Waals surface area contributed by atoms with Crippen LogP contribution in [0.4, 0.5) is 4.79 Å². The molecule has 4 nitrogen and oxygen atoms in total. The number of ether oxygens (including phenoxy) is 1. The summed E-state index contributed by atoms with van der Waals surface area (Å²) < 4.78 is 6.10. The van der Waals surface area contributed by atoms with Crippen LogP contribution < -0.4 is 0 Å². The van der Waals surface area contributed by atoms with E-state index in [2.05, 4.69) is 60.4 Å². The molecule has 4 aliphatic rings. The van der Waals surface area contributed by atoms with E-state index in [0.29, 0.717) is 12.5 Å². The zero-order valence-corrected chi connectivity index (χ0v) is 16.5. The molecule has 146 valence electrons. The van der Waals surface area contributed by atoms with E-state index in [1.807, 2.05) is 4.90 Å². The van der Waals surface area contributed by atoms with E-state index in [4.69, 9.17) is 4.74 Å². The fourth-order valence-electron chi connectivity index (χ4n) is 5.11. The summed E-state index contributed by atoms with van der Waals surface area (Å²) in [4.78, 5) is 17.7. The van der Waals surface area contributed by atoms with Gasteiger partial charge in [0.1, 0.15) is 6.10 Å². The summed E-state index contributed by atoms with van der Waals surface area (Å²) >= 11 is 0. The lowest BCUT2D eigenvalue weighted by atomic mass is 9.86. The maximum absolute atomic E-state index is 13.3. The molecule has 2 atom stereocenters. The number of benzene rings is 2. The highest BCUT2D eigenvalue weighted by molar-refractivity contribution is 5.70. The first kappa shape index (κ1) is 17.7. The lowest BCUT2D eigenvalue weighted by molar-refractivity contribution is -0.0462. The summed E-state index contributed by atoms with van der Waals surface area (Å²) in [6.07, 6.45) is 3.09. The number of carbonyl (C=O) groups is 1. The third-order valence-corrected chi connectivity index (χ3v) is 6.76. The standard InChI is InChI=1S/C24H28N2O2/c1-17-6-8-20(9-7-17)23-21-5-3-2-4-18(21)12-15-26(23)24(27)28-22-16-25-13-10-19(22)11-14-25/h2-9,19,22-23H,10-16H2,1H3. The molecule has 0 spiro atoms. The van der Waals surface area contributed by atoms with E-state index in [1.165, 1.54) is 16.7 Å². The minimum atomic E-state index is -0.154. The molecule has 0 radical (unpaired) electrons. The van der Waals surface area contributed by atoms with E-state index in [0.717, 1.165) is 44.5 Å². The van der Waals surface area contributed by atoms with Gasteiger partial charge in [-0.2, -0.15) is 0 Å². The highest BCUT2D eigenvalue weighted by Crippen LogP contribution is 2.37. The monoisotopic (exact) mass is 376 g/mol. The Bertz CT molecular complexity index is 855. The molecule has 2 aromatic rings. The third-order valence-electron chi connectivity index (χ3n) is 6.76. The van der Waals surface area contributed by atoms with Crippen LogP contribution in [0.1, 0.15) is 41.1 Å². The number of nitrogens with zero attached hydrogens (tertiary/aromatic N) is 2. The molecule has 0 aromatic heterocycles. The molecule has 3 fully saturated rings. The van der Waals surface area contributed by atoms with Crippen molar-refractivity contribution in [1.82, 2.24) is 9.80 Å². The van der Waals surface area contributed by atoms with Crippen LogP contribution in [0, 0.1) is 12.8 Å². The Hall–Kier alpha value is -2.33. The SMILES string of the molecule is Cc1ccc(C2c3ccccc3CCN2C(=O)OC2CN3CCC2CC3)cc1. The molecule has 28 heavy (non-hydrogen) atoms. The number of rotatable bonds is 2. The fraction of sp³-hybridized carbons (Fsp3) is 0.458. The highest BCUT2D eigenvalue weighted by atomic mass is 16.6. The second-order valence-electron chi connectivity index (χ2n) is 8.52.